The third-order valence-electron chi connectivity index (χ3n) is 5.22. The molecule has 0 aliphatic rings. The molecule has 0 N–H and O–H groups in total. The molecule has 3 unspecified atom stereocenters. The molecule has 0 aliphatic carbocycles. The van der Waals surface area contributed by atoms with Gasteiger partial charge in [0.1, 0.15) is 0 Å². The Hall–Kier alpha value is -1.84. The van der Waals surface area contributed by atoms with Gasteiger partial charge in [0.05, 0.1) is 0 Å². The van der Waals surface area contributed by atoms with Crippen molar-refractivity contribution in [2.45, 2.75) is 83.5 Å². The van der Waals surface area contributed by atoms with Crippen molar-refractivity contribution in [2.24, 2.45) is 0 Å². The van der Waals surface area contributed by atoms with Crippen LogP contribution in [0.15, 0.2) is 12.1 Å². The number of halogens is 31. The maximum absolute atomic E-state index is 14.4. The number of hydrogen-bond acceptors (Lipinski definition) is 7. The molecule has 0 spiro atoms. The predicted molar refractivity (Wildman–Crippen MR) is 93.6 cm³/mol. The summed E-state index contributed by atoms with van der Waals surface area (Å²) in [5.74, 6) is -55.2. The Bertz CT molecular complexity index is 1550. The summed E-state index contributed by atoms with van der Waals surface area (Å²) < 4.78 is 449. The Morgan fingerprint density at radius 1 is 0.393 bits per heavy atom. The van der Waals surface area contributed by atoms with Crippen LogP contribution in [0.3, 0.4) is 0 Å². The van der Waals surface area contributed by atoms with Crippen LogP contribution < -0.4 is 29.6 Å². The van der Waals surface area contributed by atoms with Crippen LogP contribution in [-0.4, -0.2) is 96.5 Å². The first kappa shape index (κ1) is 56.3. The molecular weight excluding hydrogens is 948 g/mol. The first-order chi connectivity index (χ1) is 23.2. The Morgan fingerprint density at radius 3 is 0.875 bits per heavy atom. The van der Waals surface area contributed by atoms with Gasteiger partial charge in [0.2, 0.25) is 0 Å². The molecule has 0 radical (unpaired) electrons. The monoisotopic (exact) mass is 948 g/mol. The van der Waals surface area contributed by atoms with Gasteiger partial charge in [-0.1, -0.05) is 0 Å². The molecule has 0 saturated heterocycles. The first-order valence-corrected chi connectivity index (χ1v) is 12.4. The third kappa shape index (κ3) is 8.86. The van der Waals surface area contributed by atoms with E-state index < -0.39 is 106 Å². The number of rotatable bonds is 16. The molecule has 0 bridgehead atoms. The van der Waals surface area contributed by atoms with E-state index in [4.69, 9.17) is 0 Å². The third-order valence-corrected chi connectivity index (χ3v) is 6.11. The fourth-order valence-electron chi connectivity index (χ4n) is 2.51. The SMILES string of the molecule is O=S(=O)([O-])C(F)(F)C(F)(F)C(F)(F)C(F)(F)C(F)(F)OC(F)(C(F)(F)F)C(F)(F)OC(F)(C(F)(F)F)C(F)(F)OC(F)(C(F)(F)F)C(F)(F)OC(F)=C(F)F.[Na+]. The van der Waals surface area contributed by atoms with Crippen molar-refractivity contribution in [3.8, 4) is 0 Å². The molecule has 0 aliphatic heterocycles. The van der Waals surface area contributed by atoms with Crippen LogP contribution in [0.2, 0.25) is 0 Å². The predicted octanol–water partition coefficient (Wildman–Crippen LogP) is 6.19. The summed E-state index contributed by atoms with van der Waals surface area (Å²) >= 11 is 0. The van der Waals surface area contributed by atoms with Crippen molar-refractivity contribution in [1.82, 2.24) is 0 Å². The molecule has 7 nitrogen and oxygen atoms in total. The van der Waals surface area contributed by atoms with E-state index in [1.165, 1.54) is 4.74 Å². The second-order valence-corrected chi connectivity index (χ2v) is 10.4. The van der Waals surface area contributed by atoms with Crippen molar-refractivity contribution in [1.29, 1.82) is 0 Å². The van der Waals surface area contributed by atoms with Crippen molar-refractivity contribution in [2.75, 3.05) is 0 Å². The number of alkyl halides is 28. The van der Waals surface area contributed by atoms with E-state index >= 15 is 0 Å². The van der Waals surface area contributed by atoms with Crippen LogP contribution in [0.1, 0.15) is 0 Å². The molecule has 0 fully saturated rings. The molecule has 3 atom stereocenters. The van der Waals surface area contributed by atoms with Gasteiger partial charge >= 0.3 is 125 Å². The zero-order chi connectivity index (χ0) is 45.5. The van der Waals surface area contributed by atoms with Gasteiger partial charge in [0.15, 0.2) is 10.1 Å². The zero-order valence-electron chi connectivity index (χ0n) is 24.0. The molecule has 56 heavy (non-hydrogen) atoms. The Labute approximate surface area is 303 Å². The first-order valence-electron chi connectivity index (χ1n) is 10.9. The van der Waals surface area contributed by atoms with Crippen LogP contribution in [0.5, 0.6) is 0 Å². The average molecular weight is 948 g/mol. The van der Waals surface area contributed by atoms with Gasteiger partial charge in [-0.2, -0.15) is 136 Å². The van der Waals surface area contributed by atoms with Crippen molar-refractivity contribution < 1.29 is 198 Å². The van der Waals surface area contributed by atoms with E-state index in [-0.39, 0.29) is 29.6 Å². The van der Waals surface area contributed by atoms with E-state index in [1.807, 2.05) is 0 Å². The summed E-state index contributed by atoms with van der Waals surface area (Å²) in [6, 6.07) is -4.57. The number of ether oxygens (including phenoxy) is 4. The van der Waals surface area contributed by atoms with Crippen LogP contribution in [0, 0.1) is 0 Å². The Morgan fingerprint density at radius 2 is 0.643 bits per heavy atom. The van der Waals surface area contributed by atoms with E-state index in [0.29, 0.717) is 4.74 Å². The fraction of sp³-hybridized carbons (Fsp3) is 0.875. The van der Waals surface area contributed by atoms with Gasteiger partial charge in [-0.25, -0.2) is 8.42 Å². The van der Waals surface area contributed by atoms with Gasteiger partial charge in [-0.3, -0.25) is 14.2 Å². The van der Waals surface area contributed by atoms with Crippen molar-refractivity contribution >= 4 is 10.1 Å². The molecule has 0 aromatic heterocycles. The van der Waals surface area contributed by atoms with Gasteiger partial charge in [0, 0.05) is 0 Å². The second kappa shape index (κ2) is 15.0. The summed E-state index contributed by atoms with van der Waals surface area (Å²) in [5, 5.41) is -8.40. The van der Waals surface area contributed by atoms with Gasteiger partial charge < -0.3 is 9.29 Å². The summed E-state index contributed by atoms with van der Waals surface area (Å²) in [7, 11) is -8.58. The molecule has 0 aromatic carbocycles. The van der Waals surface area contributed by atoms with Crippen molar-refractivity contribution in [3.05, 3.63) is 12.1 Å². The van der Waals surface area contributed by atoms with E-state index in [2.05, 4.69) is 0 Å². The fourth-order valence-corrected chi connectivity index (χ4v) is 2.95. The molecule has 0 saturated carbocycles. The maximum Gasteiger partial charge on any atom is 1.00 e. The van der Waals surface area contributed by atoms with Crippen LogP contribution >= 0.6 is 0 Å². The van der Waals surface area contributed by atoms with Crippen LogP contribution in [-0.2, 0) is 29.1 Å². The maximum atomic E-state index is 14.4. The average Bonchev–Trinajstić information content (AvgIpc) is 2.88. The van der Waals surface area contributed by atoms with E-state index in [0.717, 1.165) is 9.47 Å². The van der Waals surface area contributed by atoms with Gasteiger partial charge in [-0.05, 0) is 0 Å². The summed E-state index contributed by atoms with van der Waals surface area (Å²) in [4.78, 5) is 0. The van der Waals surface area contributed by atoms with E-state index in [9.17, 15) is 149 Å². The molecule has 0 amide bonds. The van der Waals surface area contributed by atoms with Gasteiger partial charge in [-0.15, -0.1) is 0 Å². The zero-order valence-corrected chi connectivity index (χ0v) is 26.8. The molecule has 0 heterocycles. The molecule has 40 heteroatoms. The Kier molecular flexibility index (Phi) is 15.1. The van der Waals surface area contributed by atoms with Gasteiger partial charge in [0.25, 0.3) is 0 Å². The molecular formula is C16F31NaO7S. The molecule has 0 aromatic rings. The van der Waals surface area contributed by atoms with Crippen LogP contribution in [0.4, 0.5) is 136 Å². The topological polar surface area (TPSA) is 94.1 Å². The Balaban J connectivity index is 0. The number of hydrogen-bond donors (Lipinski definition) is 0. The molecule has 0 rings (SSSR count). The standard InChI is InChI=1S/C16HF31O7S.Na/c17-1(18)2(19)51-13(40,41)6(26,9(29,30)31)53-15(44,45)8(28,11(35,36)37)54-14(42,43)7(27,10(32,33)34)52-12(38,39)4(22,23)3(20,21)5(24,25)16(46,47)55(48,49)50;/h(H,48,49,50);/q;+1/p-1. The summed E-state index contributed by atoms with van der Waals surface area (Å²) in [5.41, 5.74) is 0. The normalized spacial score (nSPS) is 18.6. The largest absolute Gasteiger partial charge is 1.00 e. The smallest absolute Gasteiger partial charge is 0.743 e. The van der Waals surface area contributed by atoms with Crippen LogP contribution in [0.25, 0.3) is 0 Å². The van der Waals surface area contributed by atoms with Crippen molar-refractivity contribution in [3.63, 3.8) is 0 Å². The van der Waals surface area contributed by atoms with E-state index in [1.54, 1.807) is 0 Å². The summed E-state index contributed by atoms with van der Waals surface area (Å²) in [6.45, 7) is 0. The summed E-state index contributed by atoms with van der Waals surface area (Å²) in [6.07, 6.45) is -67.2. The quantitative estimate of drug-likeness (QED) is 0.0790. The minimum atomic E-state index is -9.45. The minimum absolute atomic E-state index is 0. The second-order valence-electron chi connectivity index (χ2n) is 8.98. The molecule has 330 valence electrons. The minimum Gasteiger partial charge on any atom is -0.743 e.